The maximum absolute atomic E-state index is 12.4. The highest BCUT2D eigenvalue weighted by atomic mass is 32.3. The van der Waals surface area contributed by atoms with Crippen molar-refractivity contribution in [3.8, 4) is 5.75 Å². The van der Waals surface area contributed by atoms with Gasteiger partial charge >= 0.3 is 22.6 Å². The van der Waals surface area contributed by atoms with Crippen molar-refractivity contribution in [3.05, 3.63) is 29.8 Å². The molecule has 10 heteroatoms. The maximum Gasteiger partial charge on any atom is 0.488 e. The number of carboxylic acid groups (broad SMARTS) is 1. The Bertz CT molecular complexity index is 695. The highest BCUT2D eigenvalue weighted by Crippen LogP contribution is 2.16. The highest BCUT2D eigenvalue weighted by Gasteiger charge is 2.24. The third kappa shape index (κ3) is 7.77. The van der Waals surface area contributed by atoms with E-state index in [4.69, 9.17) is 9.84 Å². The van der Waals surface area contributed by atoms with Crippen molar-refractivity contribution in [2.24, 2.45) is 0 Å². The van der Waals surface area contributed by atoms with Gasteiger partial charge in [0.15, 0.2) is 0 Å². The summed E-state index contributed by atoms with van der Waals surface area (Å²) in [5, 5.41) is 11.4. The summed E-state index contributed by atoms with van der Waals surface area (Å²) >= 11 is 0. The Hall–Kier alpha value is -2.36. The summed E-state index contributed by atoms with van der Waals surface area (Å²) < 4.78 is 42.1. The van der Waals surface area contributed by atoms with Crippen molar-refractivity contribution in [2.45, 2.75) is 38.8 Å². The van der Waals surface area contributed by atoms with E-state index in [2.05, 4.69) is 9.50 Å². The molecule has 24 heavy (non-hydrogen) atoms. The van der Waals surface area contributed by atoms with Crippen LogP contribution in [-0.2, 0) is 26.5 Å². The SMILES string of the molecule is CC(C)(C)OC(=O)N[C@@H](Cc1ccc(OS(=O)(=O)F)cc1)C(=O)O. The van der Waals surface area contributed by atoms with Crippen LogP contribution in [0.5, 0.6) is 5.75 Å². The van der Waals surface area contributed by atoms with Gasteiger partial charge in [0.25, 0.3) is 0 Å². The van der Waals surface area contributed by atoms with E-state index in [0.717, 1.165) is 0 Å². The van der Waals surface area contributed by atoms with Gasteiger partial charge in [-0.1, -0.05) is 16.0 Å². The normalized spacial score (nSPS) is 13.0. The minimum Gasteiger partial charge on any atom is -0.480 e. The number of aliphatic carboxylic acids is 1. The molecule has 8 nitrogen and oxygen atoms in total. The zero-order valence-electron chi connectivity index (χ0n) is 13.3. The molecule has 0 aliphatic heterocycles. The zero-order chi connectivity index (χ0) is 18.5. The van der Waals surface area contributed by atoms with Crippen LogP contribution in [-0.4, -0.2) is 37.2 Å². The van der Waals surface area contributed by atoms with Gasteiger partial charge in [0.1, 0.15) is 17.4 Å². The molecule has 134 valence electrons. The number of amides is 1. The molecule has 0 aromatic heterocycles. The van der Waals surface area contributed by atoms with Crippen LogP contribution in [0.25, 0.3) is 0 Å². The molecule has 0 saturated carbocycles. The molecule has 1 rings (SSSR count). The first-order chi connectivity index (χ1) is 10.9. The number of nitrogens with one attached hydrogen (secondary N) is 1. The number of benzene rings is 1. The summed E-state index contributed by atoms with van der Waals surface area (Å²) in [6, 6.07) is 3.79. The van der Waals surface area contributed by atoms with Crippen LogP contribution in [0.3, 0.4) is 0 Å². The first-order valence-electron chi connectivity index (χ1n) is 6.81. The number of rotatable bonds is 6. The summed E-state index contributed by atoms with van der Waals surface area (Å²) in [6.45, 7) is 4.92. The topological polar surface area (TPSA) is 119 Å². The van der Waals surface area contributed by atoms with E-state index in [1.165, 1.54) is 24.3 Å². The molecular formula is C14H18FNO7S. The maximum atomic E-state index is 12.4. The van der Waals surface area contributed by atoms with Crippen molar-refractivity contribution in [3.63, 3.8) is 0 Å². The lowest BCUT2D eigenvalue weighted by molar-refractivity contribution is -0.139. The molecule has 2 N–H and O–H groups in total. The standard InChI is InChI=1S/C14H18FNO7S/c1-14(2,3)22-13(19)16-11(12(17)18)8-9-4-6-10(7-5-9)23-24(15,20)21/h4-7,11H,8H2,1-3H3,(H,16,19)(H,17,18)/t11-/m0/s1. The largest absolute Gasteiger partial charge is 0.488 e. The Morgan fingerprint density at radius 2 is 1.79 bits per heavy atom. The number of carbonyl (C=O) groups excluding carboxylic acids is 1. The van der Waals surface area contributed by atoms with Crippen LogP contribution in [0.15, 0.2) is 24.3 Å². The van der Waals surface area contributed by atoms with Crippen LogP contribution < -0.4 is 9.50 Å². The second kappa shape index (κ2) is 7.47. The number of hydrogen-bond donors (Lipinski definition) is 2. The molecule has 1 amide bonds. The van der Waals surface area contributed by atoms with Crippen LogP contribution in [0.1, 0.15) is 26.3 Å². The fourth-order valence-corrected chi connectivity index (χ4v) is 2.02. The van der Waals surface area contributed by atoms with Crippen LogP contribution in [0.4, 0.5) is 8.68 Å². The van der Waals surface area contributed by atoms with Crippen LogP contribution in [0.2, 0.25) is 0 Å². The van der Waals surface area contributed by atoms with E-state index in [1.54, 1.807) is 20.8 Å². The van der Waals surface area contributed by atoms with Gasteiger partial charge in [0, 0.05) is 6.42 Å². The van der Waals surface area contributed by atoms with Crippen molar-refractivity contribution in [1.82, 2.24) is 5.32 Å². The van der Waals surface area contributed by atoms with Gasteiger partial charge in [0.05, 0.1) is 0 Å². The molecule has 1 aromatic rings. The second-order valence-corrected chi connectivity index (χ2v) is 6.81. The number of ether oxygens (including phenoxy) is 1. The van der Waals surface area contributed by atoms with Crippen molar-refractivity contribution >= 4 is 22.6 Å². The Morgan fingerprint density at radius 3 is 2.21 bits per heavy atom. The van der Waals surface area contributed by atoms with Crippen LogP contribution >= 0.6 is 0 Å². The van der Waals surface area contributed by atoms with E-state index >= 15 is 0 Å². The lowest BCUT2D eigenvalue weighted by atomic mass is 10.1. The van der Waals surface area contributed by atoms with Crippen molar-refractivity contribution in [2.75, 3.05) is 0 Å². The van der Waals surface area contributed by atoms with E-state index in [0.29, 0.717) is 5.56 Å². The predicted molar refractivity (Wildman–Crippen MR) is 81.6 cm³/mol. The Labute approximate surface area is 139 Å². The van der Waals surface area contributed by atoms with Crippen molar-refractivity contribution < 1.29 is 35.9 Å². The quantitative estimate of drug-likeness (QED) is 0.740. The van der Waals surface area contributed by atoms with E-state index in [-0.39, 0.29) is 12.2 Å². The Kier molecular flexibility index (Phi) is 6.13. The molecule has 0 aliphatic rings. The third-order valence-corrected chi connectivity index (χ3v) is 2.94. The molecule has 0 heterocycles. The lowest BCUT2D eigenvalue weighted by Gasteiger charge is -2.22. The Morgan fingerprint density at radius 1 is 1.25 bits per heavy atom. The second-order valence-electron chi connectivity index (χ2n) is 5.86. The van der Waals surface area contributed by atoms with Crippen LogP contribution in [0, 0.1) is 0 Å². The Balaban J connectivity index is 2.75. The van der Waals surface area contributed by atoms with Gasteiger partial charge < -0.3 is 19.3 Å². The molecular weight excluding hydrogens is 345 g/mol. The smallest absolute Gasteiger partial charge is 0.480 e. The summed E-state index contributed by atoms with van der Waals surface area (Å²) in [5.41, 5.74) is -0.314. The van der Waals surface area contributed by atoms with Gasteiger partial charge in [-0.15, -0.1) is 0 Å². The molecule has 0 saturated heterocycles. The average molecular weight is 363 g/mol. The summed E-state index contributed by atoms with van der Waals surface area (Å²) in [7, 11) is -5.13. The molecule has 0 spiro atoms. The zero-order valence-corrected chi connectivity index (χ0v) is 14.1. The van der Waals surface area contributed by atoms with Gasteiger partial charge in [0.2, 0.25) is 0 Å². The number of carbonyl (C=O) groups is 2. The van der Waals surface area contributed by atoms with Gasteiger partial charge in [-0.25, -0.2) is 9.59 Å². The summed E-state index contributed by atoms with van der Waals surface area (Å²) in [4.78, 5) is 22.9. The monoisotopic (exact) mass is 363 g/mol. The number of alkyl carbamates (subject to hydrolysis) is 1. The molecule has 0 unspecified atom stereocenters. The van der Waals surface area contributed by atoms with Gasteiger partial charge in [-0.05, 0) is 38.5 Å². The number of halogens is 1. The van der Waals surface area contributed by atoms with Gasteiger partial charge in [-0.2, -0.15) is 8.42 Å². The van der Waals surface area contributed by atoms with E-state index in [9.17, 15) is 21.9 Å². The van der Waals surface area contributed by atoms with E-state index < -0.39 is 34.2 Å². The molecule has 0 fully saturated rings. The molecule has 0 bridgehead atoms. The number of carboxylic acids is 1. The first-order valence-corrected chi connectivity index (χ1v) is 8.12. The molecule has 0 radical (unpaired) electrons. The van der Waals surface area contributed by atoms with Gasteiger partial charge in [-0.3, -0.25) is 0 Å². The third-order valence-electron chi connectivity index (χ3n) is 2.55. The highest BCUT2D eigenvalue weighted by molar-refractivity contribution is 7.81. The molecule has 1 atom stereocenters. The molecule has 0 aliphatic carbocycles. The average Bonchev–Trinajstić information content (AvgIpc) is 2.36. The van der Waals surface area contributed by atoms with E-state index in [1.807, 2.05) is 0 Å². The number of hydrogen-bond acceptors (Lipinski definition) is 6. The fourth-order valence-electron chi connectivity index (χ4n) is 1.68. The predicted octanol–water partition coefficient (Wildman–Crippen LogP) is 1.80. The summed E-state index contributed by atoms with van der Waals surface area (Å²) in [5.74, 6) is -1.53. The minimum absolute atomic E-state index is 0.0861. The first kappa shape index (κ1) is 19.7. The van der Waals surface area contributed by atoms with Crippen molar-refractivity contribution in [1.29, 1.82) is 0 Å². The summed E-state index contributed by atoms with van der Waals surface area (Å²) in [6.07, 6.45) is -0.963. The fraction of sp³-hybridized carbons (Fsp3) is 0.429. The minimum atomic E-state index is -5.13. The lowest BCUT2D eigenvalue weighted by Crippen LogP contribution is -2.44. The molecule has 1 aromatic carbocycles.